The van der Waals surface area contributed by atoms with Crippen molar-refractivity contribution in [2.24, 2.45) is 0 Å². The molecule has 1 fully saturated rings. The fourth-order valence-corrected chi connectivity index (χ4v) is 2.80. The molecule has 1 aliphatic carbocycles. The lowest BCUT2D eigenvalue weighted by Gasteiger charge is -2.28. The first kappa shape index (κ1) is 14.5. The highest BCUT2D eigenvalue weighted by molar-refractivity contribution is 5.09. The summed E-state index contributed by atoms with van der Waals surface area (Å²) in [6.45, 7) is 5.90. The summed E-state index contributed by atoms with van der Waals surface area (Å²) >= 11 is 0. The second-order valence-electron chi connectivity index (χ2n) is 5.37. The minimum absolute atomic E-state index is 0.426. The molecule has 0 radical (unpaired) electrons. The third-order valence-electron chi connectivity index (χ3n) is 4.13. The van der Waals surface area contributed by atoms with Gasteiger partial charge in [0.1, 0.15) is 0 Å². The summed E-state index contributed by atoms with van der Waals surface area (Å²) in [5.74, 6) is 0. The lowest BCUT2D eigenvalue weighted by atomic mass is 9.93. The molecule has 19 heavy (non-hydrogen) atoms. The van der Waals surface area contributed by atoms with E-state index in [1.807, 2.05) is 0 Å². The monoisotopic (exact) mass is 265 g/mol. The zero-order chi connectivity index (χ0) is 13.7. The maximum absolute atomic E-state index is 6.07. The van der Waals surface area contributed by atoms with Gasteiger partial charge in [0.15, 0.2) is 0 Å². The molecule has 1 saturated carbocycles. The van der Waals surface area contributed by atoms with Crippen LogP contribution in [0.25, 0.3) is 0 Å². The van der Waals surface area contributed by atoms with E-state index in [-0.39, 0.29) is 0 Å². The molecule has 1 aromatic heterocycles. The van der Waals surface area contributed by atoms with Crippen LogP contribution < -0.4 is 5.32 Å². The van der Waals surface area contributed by atoms with Gasteiger partial charge in [-0.15, -0.1) is 0 Å². The molecule has 0 amide bonds. The molecule has 1 aliphatic rings. The Balaban J connectivity index is 1.83. The van der Waals surface area contributed by atoms with Gasteiger partial charge in [0, 0.05) is 12.6 Å². The molecule has 1 N–H and O–H groups in total. The zero-order valence-corrected chi connectivity index (χ0v) is 12.5. The molecule has 4 nitrogen and oxygen atoms in total. The number of rotatable bonds is 6. The standard InChI is InChI=1S/C15H27N3O/c1-4-12-10-14(18(5-2)17-12)11-19-15-8-6-13(16-3)7-9-15/h10,13,15-16H,4-9,11H2,1-3H3. The van der Waals surface area contributed by atoms with Gasteiger partial charge in [-0.1, -0.05) is 6.92 Å². The van der Waals surface area contributed by atoms with Crippen molar-refractivity contribution in [2.75, 3.05) is 7.05 Å². The summed E-state index contributed by atoms with van der Waals surface area (Å²) in [6, 6.07) is 2.87. The third kappa shape index (κ3) is 3.80. The quantitative estimate of drug-likeness (QED) is 0.859. The molecule has 0 unspecified atom stereocenters. The van der Waals surface area contributed by atoms with Gasteiger partial charge in [-0.05, 0) is 52.1 Å². The van der Waals surface area contributed by atoms with Gasteiger partial charge in [-0.2, -0.15) is 5.10 Å². The van der Waals surface area contributed by atoms with Gasteiger partial charge in [-0.3, -0.25) is 4.68 Å². The zero-order valence-electron chi connectivity index (χ0n) is 12.5. The molecular weight excluding hydrogens is 238 g/mol. The summed E-state index contributed by atoms with van der Waals surface area (Å²) in [5.41, 5.74) is 2.38. The molecule has 0 aliphatic heterocycles. The Hall–Kier alpha value is -0.870. The molecule has 0 bridgehead atoms. The highest BCUT2D eigenvalue weighted by atomic mass is 16.5. The molecule has 2 rings (SSSR count). The highest BCUT2D eigenvalue weighted by Gasteiger charge is 2.20. The number of aryl methyl sites for hydroxylation is 2. The summed E-state index contributed by atoms with van der Waals surface area (Å²) in [5, 5.41) is 7.92. The van der Waals surface area contributed by atoms with Crippen LogP contribution in [-0.2, 0) is 24.3 Å². The molecule has 108 valence electrons. The average molecular weight is 265 g/mol. The predicted molar refractivity (Wildman–Crippen MR) is 77.2 cm³/mol. The SMILES string of the molecule is CCc1cc(COC2CCC(NC)CC2)n(CC)n1. The molecule has 4 heteroatoms. The predicted octanol–water partition coefficient (Wildman–Crippen LogP) is 2.51. The van der Waals surface area contributed by atoms with E-state index in [2.05, 4.69) is 42.1 Å². The molecule has 1 aromatic rings. The van der Waals surface area contributed by atoms with Crippen LogP contribution in [0, 0.1) is 0 Å². The first-order valence-corrected chi connectivity index (χ1v) is 7.61. The first-order valence-electron chi connectivity index (χ1n) is 7.61. The van der Waals surface area contributed by atoms with Gasteiger partial charge in [0.2, 0.25) is 0 Å². The molecule has 0 spiro atoms. The fourth-order valence-electron chi connectivity index (χ4n) is 2.80. The molecular formula is C15H27N3O. The molecule has 1 heterocycles. The summed E-state index contributed by atoms with van der Waals surface area (Å²) in [4.78, 5) is 0. The summed E-state index contributed by atoms with van der Waals surface area (Å²) in [7, 11) is 2.05. The van der Waals surface area contributed by atoms with Crippen LogP contribution >= 0.6 is 0 Å². The lowest BCUT2D eigenvalue weighted by Crippen LogP contribution is -2.33. The van der Waals surface area contributed by atoms with Crippen molar-refractivity contribution in [3.8, 4) is 0 Å². The minimum atomic E-state index is 0.426. The highest BCUT2D eigenvalue weighted by Crippen LogP contribution is 2.22. The summed E-state index contributed by atoms with van der Waals surface area (Å²) in [6.07, 6.45) is 6.23. The van der Waals surface area contributed by atoms with Gasteiger partial charge in [0.25, 0.3) is 0 Å². The van der Waals surface area contributed by atoms with Crippen LogP contribution in [0.1, 0.15) is 50.9 Å². The average Bonchev–Trinajstić information content (AvgIpc) is 2.88. The second-order valence-corrected chi connectivity index (χ2v) is 5.37. The number of ether oxygens (including phenoxy) is 1. The Labute approximate surface area is 116 Å². The van der Waals surface area contributed by atoms with Crippen molar-refractivity contribution in [1.29, 1.82) is 0 Å². The van der Waals surface area contributed by atoms with Crippen molar-refractivity contribution in [2.45, 2.75) is 71.2 Å². The van der Waals surface area contributed by atoms with Crippen LogP contribution in [0.3, 0.4) is 0 Å². The smallest absolute Gasteiger partial charge is 0.0888 e. The van der Waals surface area contributed by atoms with Crippen LogP contribution in [0.4, 0.5) is 0 Å². The Bertz CT molecular complexity index is 381. The Morgan fingerprint density at radius 2 is 2.05 bits per heavy atom. The van der Waals surface area contributed by atoms with Crippen molar-refractivity contribution in [1.82, 2.24) is 15.1 Å². The normalized spacial score (nSPS) is 23.7. The van der Waals surface area contributed by atoms with Crippen LogP contribution in [-0.4, -0.2) is 29.0 Å². The van der Waals surface area contributed by atoms with E-state index in [4.69, 9.17) is 4.74 Å². The van der Waals surface area contributed by atoms with E-state index < -0.39 is 0 Å². The largest absolute Gasteiger partial charge is 0.372 e. The van der Waals surface area contributed by atoms with Gasteiger partial charge >= 0.3 is 0 Å². The van der Waals surface area contributed by atoms with E-state index in [1.165, 1.54) is 37.1 Å². The van der Waals surface area contributed by atoms with Crippen LogP contribution in [0.15, 0.2) is 6.07 Å². The number of nitrogens with one attached hydrogen (secondary N) is 1. The van der Waals surface area contributed by atoms with Gasteiger partial charge < -0.3 is 10.1 Å². The Kier molecular flexibility index (Phi) is 5.40. The maximum atomic E-state index is 6.07. The lowest BCUT2D eigenvalue weighted by molar-refractivity contribution is 0.00872. The first-order chi connectivity index (χ1) is 9.26. The topological polar surface area (TPSA) is 39.1 Å². The van der Waals surface area contributed by atoms with E-state index in [0.29, 0.717) is 18.8 Å². The molecule has 0 aromatic carbocycles. The van der Waals surface area contributed by atoms with Crippen molar-refractivity contribution >= 4 is 0 Å². The summed E-state index contributed by atoms with van der Waals surface area (Å²) < 4.78 is 8.14. The Morgan fingerprint density at radius 3 is 2.63 bits per heavy atom. The number of hydrogen-bond acceptors (Lipinski definition) is 3. The van der Waals surface area contributed by atoms with Crippen molar-refractivity contribution < 1.29 is 4.74 Å². The number of hydrogen-bond donors (Lipinski definition) is 1. The van der Waals surface area contributed by atoms with E-state index in [0.717, 1.165) is 13.0 Å². The van der Waals surface area contributed by atoms with E-state index in [9.17, 15) is 0 Å². The number of aromatic nitrogens is 2. The number of nitrogens with zero attached hydrogens (tertiary/aromatic N) is 2. The van der Waals surface area contributed by atoms with Crippen LogP contribution in [0.5, 0.6) is 0 Å². The second kappa shape index (κ2) is 7.06. The maximum Gasteiger partial charge on any atom is 0.0888 e. The third-order valence-corrected chi connectivity index (χ3v) is 4.13. The molecule has 0 saturated heterocycles. The van der Waals surface area contributed by atoms with E-state index in [1.54, 1.807) is 0 Å². The fraction of sp³-hybridized carbons (Fsp3) is 0.800. The Morgan fingerprint density at radius 1 is 1.32 bits per heavy atom. The van der Waals surface area contributed by atoms with E-state index >= 15 is 0 Å². The minimum Gasteiger partial charge on any atom is -0.372 e. The molecule has 0 atom stereocenters. The van der Waals surface area contributed by atoms with Crippen molar-refractivity contribution in [3.63, 3.8) is 0 Å². The van der Waals surface area contributed by atoms with Crippen molar-refractivity contribution in [3.05, 3.63) is 17.5 Å². The van der Waals surface area contributed by atoms with Gasteiger partial charge in [0.05, 0.1) is 24.1 Å². The van der Waals surface area contributed by atoms with Gasteiger partial charge in [-0.25, -0.2) is 0 Å². The van der Waals surface area contributed by atoms with Crippen LogP contribution in [0.2, 0.25) is 0 Å².